The summed E-state index contributed by atoms with van der Waals surface area (Å²) < 4.78 is 34.8. The summed E-state index contributed by atoms with van der Waals surface area (Å²) in [5, 5.41) is 9.59. The van der Waals surface area contributed by atoms with Crippen molar-refractivity contribution in [2.45, 2.75) is 19.6 Å². The lowest BCUT2D eigenvalue weighted by Gasteiger charge is -2.22. The summed E-state index contributed by atoms with van der Waals surface area (Å²) in [6.07, 6.45) is -1.67. The van der Waals surface area contributed by atoms with Crippen molar-refractivity contribution in [3.63, 3.8) is 0 Å². The minimum Gasteiger partial charge on any atom is -0.384 e. The predicted molar refractivity (Wildman–Crippen MR) is 104 cm³/mol. The highest BCUT2D eigenvalue weighted by molar-refractivity contribution is 6.21. The van der Waals surface area contributed by atoms with Crippen LogP contribution >= 0.6 is 11.8 Å². The molecule has 1 atom stereocenters. The van der Waals surface area contributed by atoms with Gasteiger partial charge in [0.2, 0.25) is 5.91 Å². The van der Waals surface area contributed by atoms with Crippen LogP contribution in [0.2, 0.25) is 0 Å². The van der Waals surface area contributed by atoms with E-state index in [4.69, 9.17) is 27.7 Å². The van der Waals surface area contributed by atoms with Crippen LogP contribution in [0.1, 0.15) is 29.7 Å². The van der Waals surface area contributed by atoms with Crippen molar-refractivity contribution in [1.29, 1.82) is 5.41 Å². The molecule has 0 fully saturated rings. The van der Waals surface area contributed by atoms with E-state index < -0.39 is 35.1 Å². The molecular weight excluding hydrogens is 406 g/mol. The first kappa shape index (κ1) is 22.3. The zero-order chi connectivity index (χ0) is 21.7. The van der Waals surface area contributed by atoms with E-state index in [0.717, 1.165) is 23.7 Å². The molecule has 10 heteroatoms. The number of nitrogens with zero attached hydrogens (tertiary/aromatic N) is 1. The van der Waals surface area contributed by atoms with Crippen molar-refractivity contribution in [3.8, 4) is 0 Å². The third kappa shape index (κ3) is 5.27. The molecule has 0 aliphatic rings. The Morgan fingerprint density at radius 2 is 1.86 bits per heavy atom. The molecule has 0 aliphatic heterocycles. The van der Waals surface area contributed by atoms with E-state index in [0.29, 0.717) is 11.1 Å². The number of halogens is 3. The number of hydrogen-bond donors (Lipinski definition) is 3. The Morgan fingerprint density at radius 3 is 2.38 bits per heavy atom. The second-order valence-corrected chi connectivity index (χ2v) is 6.50. The Labute approximate surface area is 171 Å². The molecule has 2 aromatic rings. The minimum atomic E-state index is -1.67. The minimum absolute atomic E-state index is 0.0902. The summed E-state index contributed by atoms with van der Waals surface area (Å²) in [5.41, 5.74) is 5.53. The van der Waals surface area contributed by atoms with Gasteiger partial charge < -0.3 is 15.8 Å². The molecule has 0 spiro atoms. The Morgan fingerprint density at radius 1 is 1.24 bits per heavy atom. The van der Waals surface area contributed by atoms with E-state index in [-0.39, 0.29) is 18.1 Å². The summed E-state index contributed by atoms with van der Waals surface area (Å²) in [4.78, 5) is 23.9. The molecule has 0 heterocycles. The Kier molecular flexibility index (Phi) is 7.24. The standard InChI is InChI=1S/C19H19ClF2N4O3/c1-10(27)25-14-8-7-13(21)15(16(14)22)17(29-2)19(28)26(20)9-11-3-5-12(6-4-11)18(23)24/h3-8,17H,9H2,1-2H3,(H3,23,24)(H,25,27). The molecule has 2 aromatic carbocycles. The van der Waals surface area contributed by atoms with E-state index in [1.54, 1.807) is 24.3 Å². The molecule has 0 aromatic heterocycles. The molecule has 1 unspecified atom stereocenters. The lowest BCUT2D eigenvalue weighted by molar-refractivity contribution is -0.138. The normalized spacial score (nSPS) is 11.6. The van der Waals surface area contributed by atoms with Gasteiger partial charge in [0.1, 0.15) is 11.7 Å². The van der Waals surface area contributed by atoms with Crippen LogP contribution in [-0.2, 0) is 20.9 Å². The van der Waals surface area contributed by atoms with Crippen molar-refractivity contribution in [1.82, 2.24) is 4.42 Å². The van der Waals surface area contributed by atoms with Crippen LogP contribution in [0.5, 0.6) is 0 Å². The summed E-state index contributed by atoms with van der Waals surface area (Å²) in [5.74, 6) is -3.72. The van der Waals surface area contributed by atoms with Gasteiger partial charge in [0.25, 0.3) is 5.91 Å². The summed E-state index contributed by atoms with van der Waals surface area (Å²) in [6, 6.07) is 8.34. The van der Waals surface area contributed by atoms with Gasteiger partial charge in [-0.3, -0.25) is 15.0 Å². The van der Waals surface area contributed by atoms with Crippen molar-refractivity contribution in [3.05, 3.63) is 64.7 Å². The van der Waals surface area contributed by atoms with Crippen LogP contribution in [0.15, 0.2) is 36.4 Å². The number of nitrogens with one attached hydrogen (secondary N) is 2. The van der Waals surface area contributed by atoms with Crippen LogP contribution in [0.25, 0.3) is 0 Å². The number of nitrogens with two attached hydrogens (primary N) is 1. The number of benzene rings is 2. The fourth-order valence-electron chi connectivity index (χ4n) is 2.59. The van der Waals surface area contributed by atoms with Gasteiger partial charge in [0, 0.05) is 31.4 Å². The second-order valence-electron chi connectivity index (χ2n) is 6.09. The fraction of sp³-hybridized carbons (Fsp3) is 0.211. The molecule has 0 aliphatic carbocycles. The number of methoxy groups -OCH3 is 1. The number of amides is 2. The number of carbonyl (C=O) groups is 2. The number of nitrogen functional groups attached to an aromatic ring is 1. The molecule has 7 nitrogen and oxygen atoms in total. The monoisotopic (exact) mass is 424 g/mol. The lowest BCUT2D eigenvalue weighted by Crippen LogP contribution is -2.30. The number of amidine groups is 1. The Bertz CT molecular complexity index is 938. The average molecular weight is 425 g/mol. The van der Waals surface area contributed by atoms with Gasteiger partial charge >= 0.3 is 0 Å². The lowest BCUT2D eigenvalue weighted by atomic mass is 10.1. The van der Waals surface area contributed by atoms with E-state index in [9.17, 15) is 18.4 Å². The van der Waals surface area contributed by atoms with Crippen molar-refractivity contribution in [2.75, 3.05) is 12.4 Å². The number of ether oxygens (including phenoxy) is 1. The first-order valence-electron chi connectivity index (χ1n) is 8.34. The molecule has 0 saturated heterocycles. The molecule has 0 saturated carbocycles. The van der Waals surface area contributed by atoms with E-state index in [2.05, 4.69) is 5.32 Å². The summed E-state index contributed by atoms with van der Waals surface area (Å²) in [7, 11) is 1.11. The molecule has 2 rings (SSSR count). The van der Waals surface area contributed by atoms with E-state index >= 15 is 0 Å². The summed E-state index contributed by atoms with van der Waals surface area (Å²) >= 11 is 6.04. The first-order chi connectivity index (χ1) is 13.6. The van der Waals surface area contributed by atoms with E-state index in [1.165, 1.54) is 6.92 Å². The Balaban J connectivity index is 2.27. The van der Waals surface area contributed by atoms with Gasteiger partial charge in [-0.05, 0) is 17.7 Å². The number of carbonyl (C=O) groups excluding carboxylic acids is 2. The molecular formula is C19H19ClF2N4O3. The summed E-state index contributed by atoms with van der Waals surface area (Å²) in [6.45, 7) is 1.08. The third-order valence-electron chi connectivity index (χ3n) is 3.98. The van der Waals surface area contributed by atoms with Crippen molar-refractivity contribution in [2.24, 2.45) is 5.73 Å². The Hall–Kier alpha value is -3.04. The quantitative estimate of drug-likeness (QED) is 0.360. The van der Waals surface area contributed by atoms with Gasteiger partial charge in [-0.25, -0.2) is 13.2 Å². The van der Waals surface area contributed by atoms with Gasteiger partial charge in [0.15, 0.2) is 11.9 Å². The average Bonchev–Trinajstić information content (AvgIpc) is 2.67. The van der Waals surface area contributed by atoms with Gasteiger partial charge in [-0.15, -0.1) is 0 Å². The smallest absolute Gasteiger partial charge is 0.271 e. The van der Waals surface area contributed by atoms with Crippen LogP contribution in [0.3, 0.4) is 0 Å². The fourth-order valence-corrected chi connectivity index (χ4v) is 2.82. The number of anilines is 1. The van der Waals surface area contributed by atoms with Gasteiger partial charge in [-0.1, -0.05) is 24.3 Å². The largest absolute Gasteiger partial charge is 0.384 e. The maximum Gasteiger partial charge on any atom is 0.271 e. The maximum absolute atomic E-state index is 14.7. The molecule has 4 N–H and O–H groups in total. The highest BCUT2D eigenvalue weighted by atomic mass is 35.5. The highest BCUT2D eigenvalue weighted by Crippen LogP contribution is 2.30. The zero-order valence-electron chi connectivity index (χ0n) is 15.6. The van der Waals surface area contributed by atoms with Crippen LogP contribution in [0.4, 0.5) is 14.5 Å². The topological polar surface area (TPSA) is 109 Å². The second kappa shape index (κ2) is 9.44. The van der Waals surface area contributed by atoms with Crippen LogP contribution in [-0.4, -0.2) is 29.2 Å². The SMILES string of the molecule is COC(C(=O)N(Cl)Cc1ccc(C(=N)N)cc1)c1c(F)ccc(NC(C)=O)c1F. The molecule has 2 amide bonds. The van der Waals surface area contributed by atoms with Crippen molar-refractivity contribution >= 4 is 35.1 Å². The number of rotatable bonds is 7. The third-order valence-corrected chi connectivity index (χ3v) is 4.27. The van der Waals surface area contributed by atoms with E-state index in [1.807, 2.05) is 0 Å². The van der Waals surface area contributed by atoms with Gasteiger partial charge in [0.05, 0.1) is 17.8 Å². The highest BCUT2D eigenvalue weighted by Gasteiger charge is 2.32. The number of hydrogen-bond acceptors (Lipinski definition) is 4. The predicted octanol–water partition coefficient (Wildman–Crippen LogP) is 3.08. The van der Waals surface area contributed by atoms with Gasteiger partial charge in [-0.2, -0.15) is 0 Å². The zero-order valence-corrected chi connectivity index (χ0v) is 16.4. The van der Waals surface area contributed by atoms with Crippen LogP contribution < -0.4 is 11.1 Å². The molecule has 154 valence electrons. The molecule has 0 radical (unpaired) electrons. The van der Waals surface area contributed by atoms with Crippen LogP contribution in [0, 0.1) is 17.0 Å². The maximum atomic E-state index is 14.7. The van der Waals surface area contributed by atoms with Crippen molar-refractivity contribution < 1.29 is 23.1 Å². The first-order valence-corrected chi connectivity index (χ1v) is 8.68. The molecule has 0 bridgehead atoms. The molecule has 29 heavy (non-hydrogen) atoms.